The second kappa shape index (κ2) is 6.47. The summed E-state index contributed by atoms with van der Waals surface area (Å²) in [4.78, 5) is 35.3. The van der Waals surface area contributed by atoms with Crippen LogP contribution in [0.25, 0.3) is 0 Å². The van der Waals surface area contributed by atoms with Crippen LogP contribution in [0.5, 0.6) is 0 Å². The first-order chi connectivity index (χ1) is 10.9. The molecule has 0 N–H and O–H groups in total. The molecule has 23 heavy (non-hydrogen) atoms. The molecule has 0 heterocycles. The van der Waals surface area contributed by atoms with Crippen molar-refractivity contribution in [2.75, 3.05) is 0 Å². The molecule has 0 aromatic heterocycles. The normalized spacial score (nSPS) is 10.3. The molecule has 0 saturated carbocycles. The molecule has 0 aliphatic carbocycles. The van der Waals surface area contributed by atoms with E-state index in [2.05, 4.69) is 4.84 Å². The largest absolute Gasteiger partial charge is 0.301 e. The van der Waals surface area contributed by atoms with E-state index >= 15 is 0 Å². The molecule has 0 unspecified atom stereocenters. The predicted molar refractivity (Wildman–Crippen MR) is 76.1 cm³/mol. The van der Waals surface area contributed by atoms with E-state index in [1.54, 1.807) is 0 Å². The van der Waals surface area contributed by atoms with E-state index < -0.39 is 21.0 Å². The summed E-state index contributed by atoms with van der Waals surface area (Å²) in [5.41, 5.74) is 0.275. The molecule has 0 fully saturated rings. The van der Waals surface area contributed by atoms with E-state index in [9.17, 15) is 30.3 Å². The number of hydrogen-bond donors (Lipinski definition) is 0. The molecular weight excluding hydrogens is 310 g/mol. The van der Waals surface area contributed by atoms with Gasteiger partial charge in [-0.25, -0.2) is 0 Å². The molecule has 0 aliphatic heterocycles. The maximum atomic E-state index is 10.7. The second-order valence-corrected chi connectivity index (χ2v) is 4.41. The van der Waals surface area contributed by atoms with Crippen LogP contribution in [0.4, 0.5) is 11.4 Å². The van der Waals surface area contributed by atoms with Gasteiger partial charge in [0, 0.05) is 24.3 Å². The van der Waals surface area contributed by atoms with Gasteiger partial charge in [-0.15, -0.1) is 10.1 Å². The Bertz CT molecular complexity index is 686. The molecule has 118 valence electrons. The van der Waals surface area contributed by atoms with Crippen LogP contribution in [-0.2, 0) is 4.84 Å². The van der Waals surface area contributed by atoms with Gasteiger partial charge in [0.25, 0.3) is 16.5 Å². The molecule has 0 bridgehead atoms. The van der Waals surface area contributed by atoms with Gasteiger partial charge in [-0.05, 0) is 35.4 Å². The number of nitro groups is 2. The van der Waals surface area contributed by atoms with Crippen molar-refractivity contribution in [1.82, 2.24) is 0 Å². The van der Waals surface area contributed by atoms with Gasteiger partial charge >= 0.3 is 0 Å². The SMILES string of the molecule is O=[N+]([O-])OC(c1ccc([N+](=O)[O-])cc1)c1ccc([N+](=O)[O-])cc1. The zero-order valence-electron chi connectivity index (χ0n) is 11.4. The van der Waals surface area contributed by atoms with Gasteiger partial charge in [0.05, 0.1) is 9.85 Å². The Morgan fingerprint density at radius 3 is 1.30 bits per heavy atom. The van der Waals surface area contributed by atoms with Crippen molar-refractivity contribution in [2.24, 2.45) is 0 Å². The number of hydrogen-bond acceptors (Lipinski definition) is 7. The van der Waals surface area contributed by atoms with E-state index in [4.69, 9.17) is 0 Å². The van der Waals surface area contributed by atoms with Crippen molar-refractivity contribution < 1.29 is 19.8 Å². The van der Waals surface area contributed by atoms with Crippen molar-refractivity contribution in [3.8, 4) is 0 Å². The number of non-ortho nitro benzene ring substituents is 2. The van der Waals surface area contributed by atoms with E-state index in [1.807, 2.05) is 0 Å². The molecular formula is C13H9N3O7. The van der Waals surface area contributed by atoms with Crippen LogP contribution in [0, 0.1) is 30.3 Å². The summed E-state index contributed by atoms with van der Waals surface area (Å²) in [5, 5.41) is 30.9. The van der Waals surface area contributed by atoms with Crippen molar-refractivity contribution in [3.05, 3.63) is 90.0 Å². The zero-order chi connectivity index (χ0) is 17.0. The minimum atomic E-state index is -1.15. The fraction of sp³-hybridized carbons (Fsp3) is 0.0769. The quantitative estimate of drug-likeness (QED) is 0.589. The maximum absolute atomic E-state index is 10.7. The topological polar surface area (TPSA) is 139 Å². The smallest absolute Gasteiger partial charge is 0.295 e. The van der Waals surface area contributed by atoms with Crippen molar-refractivity contribution in [2.45, 2.75) is 6.10 Å². The third kappa shape index (κ3) is 3.75. The van der Waals surface area contributed by atoms with Crippen LogP contribution in [0.2, 0.25) is 0 Å². The Labute approximate surface area is 128 Å². The zero-order valence-corrected chi connectivity index (χ0v) is 11.4. The van der Waals surface area contributed by atoms with E-state index in [0.717, 1.165) is 0 Å². The monoisotopic (exact) mass is 319 g/mol. The minimum absolute atomic E-state index is 0.169. The summed E-state index contributed by atoms with van der Waals surface area (Å²) in [6.45, 7) is 0. The standard InChI is InChI=1S/C13H9N3O7/c17-14(18)11-5-1-9(2-6-11)13(23-16(21)22)10-3-7-12(8-4-10)15(19)20/h1-8,13H. The van der Waals surface area contributed by atoms with E-state index in [0.29, 0.717) is 11.1 Å². The minimum Gasteiger partial charge on any atom is -0.301 e. The lowest BCUT2D eigenvalue weighted by Crippen LogP contribution is -2.11. The average Bonchev–Trinajstić information content (AvgIpc) is 2.52. The molecule has 10 nitrogen and oxygen atoms in total. The number of nitro benzene ring substituents is 2. The summed E-state index contributed by atoms with van der Waals surface area (Å²) in [5.74, 6) is 0. The highest BCUT2D eigenvalue weighted by atomic mass is 17.0. The molecule has 0 saturated heterocycles. The fourth-order valence-electron chi connectivity index (χ4n) is 1.94. The molecule has 0 radical (unpaired) electrons. The van der Waals surface area contributed by atoms with Gasteiger partial charge in [0.1, 0.15) is 0 Å². The van der Waals surface area contributed by atoms with Crippen LogP contribution in [-0.4, -0.2) is 14.9 Å². The van der Waals surface area contributed by atoms with Crippen molar-refractivity contribution >= 4 is 11.4 Å². The fourth-order valence-corrected chi connectivity index (χ4v) is 1.94. The lowest BCUT2D eigenvalue weighted by Gasteiger charge is -2.15. The summed E-state index contributed by atoms with van der Waals surface area (Å²) >= 11 is 0. The Morgan fingerprint density at radius 2 is 1.04 bits per heavy atom. The van der Waals surface area contributed by atoms with Gasteiger partial charge < -0.3 is 4.84 Å². The Balaban J connectivity index is 2.38. The average molecular weight is 319 g/mol. The first-order valence-corrected chi connectivity index (χ1v) is 6.18. The number of benzene rings is 2. The second-order valence-electron chi connectivity index (χ2n) is 4.41. The summed E-state index contributed by atoms with van der Waals surface area (Å²) in [6.07, 6.45) is -1.15. The Hall–Kier alpha value is -3.56. The van der Waals surface area contributed by atoms with E-state index in [1.165, 1.54) is 48.5 Å². The van der Waals surface area contributed by atoms with Crippen LogP contribution >= 0.6 is 0 Å². The molecule has 0 amide bonds. The highest BCUT2D eigenvalue weighted by molar-refractivity contribution is 5.40. The van der Waals surface area contributed by atoms with E-state index in [-0.39, 0.29) is 11.4 Å². The molecule has 2 aromatic rings. The summed E-state index contributed by atoms with van der Waals surface area (Å²) in [6, 6.07) is 10.1. The first-order valence-electron chi connectivity index (χ1n) is 6.18. The molecule has 0 atom stereocenters. The molecule has 0 aliphatic rings. The van der Waals surface area contributed by atoms with Crippen molar-refractivity contribution in [1.29, 1.82) is 0 Å². The van der Waals surface area contributed by atoms with Gasteiger partial charge in [0.2, 0.25) is 0 Å². The van der Waals surface area contributed by atoms with Gasteiger partial charge in [-0.2, -0.15) is 0 Å². The number of rotatable bonds is 6. The van der Waals surface area contributed by atoms with Crippen LogP contribution in [0.15, 0.2) is 48.5 Å². The lowest BCUT2D eigenvalue weighted by atomic mass is 10.0. The van der Waals surface area contributed by atoms with Gasteiger partial charge in [-0.3, -0.25) is 20.2 Å². The predicted octanol–water partition coefficient (Wildman–Crippen LogP) is 2.80. The van der Waals surface area contributed by atoms with Crippen LogP contribution < -0.4 is 0 Å². The molecule has 10 heteroatoms. The van der Waals surface area contributed by atoms with Crippen LogP contribution in [0.1, 0.15) is 17.2 Å². The number of nitrogens with zero attached hydrogens (tertiary/aromatic N) is 3. The maximum Gasteiger partial charge on any atom is 0.295 e. The first kappa shape index (κ1) is 15.8. The van der Waals surface area contributed by atoms with Crippen molar-refractivity contribution in [3.63, 3.8) is 0 Å². The van der Waals surface area contributed by atoms with Gasteiger partial charge in [-0.1, -0.05) is 0 Å². The molecule has 2 aromatic carbocycles. The highest BCUT2D eigenvalue weighted by Crippen LogP contribution is 2.28. The highest BCUT2D eigenvalue weighted by Gasteiger charge is 2.20. The molecule has 0 spiro atoms. The molecule has 2 rings (SSSR count). The summed E-state index contributed by atoms with van der Waals surface area (Å²) in [7, 11) is 0. The Kier molecular flexibility index (Phi) is 4.45. The van der Waals surface area contributed by atoms with Crippen LogP contribution in [0.3, 0.4) is 0 Å². The summed E-state index contributed by atoms with van der Waals surface area (Å²) < 4.78 is 0. The van der Waals surface area contributed by atoms with Gasteiger partial charge in [0.15, 0.2) is 6.10 Å². The lowest BCUT2D eigenvalue weighted by molar-refractivity contribution is -0.768. The third-order valence-corrected chi connectivity index (χ3v) is 3.00. The third-order valence-electron chi connectivity index (χ3n) is 3.00. The Morgan fingerprint density at radius 1 is 0.696 bits per heavy atom.